The molecule has 76 valence electrons. The van der Waals surface area contributed by atoms with Crippen LogP contribution in [0, 0.1) is 0 Å². The number of hydrogen-bond donors (Lipinski definition) is 1. The fraction of sp³-hybridized carbons (Fsp3) is 0.417. The van der Waals surface area contributed by atoms with Gasteiger partial charge in [0, 0.05) is 12.0 Å². The molecule has 0 aliphatic heterocycles. The molecule has 0 atom stereocenters. The van der Waals surface area contributed by atoms with Gasteiger partial charge in [0.05, 0.1) is 0 Å². The zero-order valence-corrected chi connectivity index (χ0v) is 8.79. The third kappa shape index (κ3) is 3.71. The lowest BCUT2D eigenvalue weighted by Gasteiger charge is -2.18. The fourth-order valence-corrected chi connectivity index (χ4v) is 1.49. The maximum Gasteiger partial charge on any atom is 0.124 e. The van der Waals surface area contributed by atoms with Gasteiger partial charge in [-0.15, -0.1) is 0 Å². The van der Waals surface area contributed by atoms with E-state index in [0.29, 0.717) is 6.42 Å². The molecule has 0 amide bonds. The molecule has 0 unspecified atom stereocenters. The van der Waals surface area contributed by atoms with E-state index >= 15 is 0 Å². The van der Waals surface area contributed by atoms with E-state index in [4.69, 9.17) is 5.73 Å². The summed E-state index contributed by atoms with van der Waals surface area (Å²) in [7, 11) is 0. The zero-order chi connectivity index (χ0) is 10.6. The molecule has 0 saturated carbocycles. The van der Waals surface area contributed by atoms with Crippen LogP contribution in [0.3, 0.4) is 0 Å². The van der Waals surface area contributed by atoms with Gasteiger partial charge in [-0.2, -0.15) is 0 Å². The van der Waals surface area contributed by atoms with E-state index < -0.39 is 0 Å². The zero-order valence-electron chi connectivity index (χ0n) is 8.79. The van der Waals surface area contributed by atoms with E-state index in [9.17, 15) is 4.79 Å². The second-order valence-electron chi connectivity index (χ2n) is 4.36. The molecule has 0 bridgehead atoms. The van der Waals surface area contributed by atoms with Gasteiger partial charge in [0.25, 0.3) is 0 Å². The normalized spacial score (nSPS) is 11.4. The van der Waals surface area contributed by atoms with E-state index in [1.807, 2.05) is 38.1 Å². The largest absolute Gasteiger partial charge is 0.325 e. The second kappa shape index (κ2) is 4.38. The predicted octanol–water partition coefficient (Wildman–Crippen LogP) is 1.71. The van der Waals surface area contributed by atoms with Gasteiger partial charge < -0.3 is 10.5 Å². The number of carbonyl (C=O) groups excluding carboxylic acids is 1. The summed E-state index contributed by atoms with van der Waals surface area (Å²) >= 11 is 0. The Morgan fingerprint density at radius 3 is 2.57 bits per heavy atom. The van der Waals surface area contributed by atoms with Gasteiger partial charge in [-0.05, 0) is 31.4 Å². The summed E-state index contributed by atoms with van der Waals surface area (Å²) in [6.07, 6.45) is 2.24. The third-order valence-corrected chi connectivity index (χ3v) is 1.97. The molecular weight excluding hydrogens is 174 g/mol. The quantitative estimate of drug-likeness (QED) is 0.736. The van der Waals surface area contributed by atoms with Crippen molar-refractivity contribution in [2.45, 2.75) is 32.2 Å². The van der Waals surface area contributed by atoms with Crippen molar-refractivity contribution in [2.24, 2.45) is 5.73 Å². The Morgan fingerprint density at radius 1 is 1.36 bits per heavy atom. The summed E-state index contributed by atoms with van der Waals surface area (Å²) in [5, 5.41) is 0. The molecule has 0 spiro atoms. The summed E-state index contributed by atoms with van der Waals surface area (Å²) in [5.74, 6) is 0. The topological polar surface area (TPSA) is 43.1 Å². The van der Waals surface area contributed by atoms with Crippen LogP contribution in [-0.4, -0.2) is 11.8 Å². The molecule has 1 rings (SSSR count). The molecule has 2 N–H and O–H groups in total. The highest BCUT2D eigenvalue weighted by atomic mass is 16.1. The van der Waals surface area contributed by atoms with Gasteiger partial charge in [0.15, 0.2) is 0 Å². The number of aldehydes is 1. The molecule has 0 aliphatic carbocycles. The van der Waals surface area contributed by atoms with Gasteiger partial charge in [0.1, 0.15) is 6.29 Å². The van der Waals surface area contributed by atoms with E-state index in [-0.39, 0.29) is 5.54 Å². The van der Waals surface area contributed by atoms with E-state index in [0.717, 1.165) is 18.3 Å². The van der Waals surface area contributed by atoms with Crippen LogP contribution in [-0.2, 0) is 17.6 Å². The maximum absolute atomic E-state index is 10.3. The Kier molecular flexibility index (Phi) is 3.42. The van der Waals surface area contributed by atoms with Crippen LogP contribution in [0.25, 0.3) is 0 Å². The fourth-order valence-electron chi connectivity index (χ4n) is 1.49. The molecule has 14 heavy (non-hydrogen) atoms. The van der Waals surface area contributed by atoms with Gasteiger partial charge >= 0.3 is 0 Å². The average molecular weight is 191 g/mol. The minimum absolute atomic E-state index is 0.195. The van der Waals surface area contributed by atoms with Crippen LogP contribution in [0.2, 0.25) is 0 Å². The molecule has 0 aliphatic rings. The first-order valence-electron chi connectivity index (χ1n) is 4.81. The number of nitrogens with two attached hydrogens (primary N) is 1. The smallest absolute Gasteiger partial charge is 0.124 e. The molecule has 0 saturated heterocycles. The first-order chi connectivity index (χ1) is 6.51. The number of benzene rings is 1. The van der Waals surface area contributed by atoms with Crippen LogP contribution >= 0.6 is 0 Å². The second-order valence-corrected chi connectivity index (χ2v) is 4.36. The lowest BCUT2D eigenvalue weighted by atomic mass is 9.95. The predicted molar refractivity (Wildman–Crippen MR) is 58.2 cm³/mol. The molecule has 0 aromatic heterocycles. The van der Waals surface area contributed by atoms with E-state index in [1.165, 1.54) is 5.56 Å². The van der Waals surface area contributed by atoms with Crippen LogP contribution in [0.5, 0.6) is 0 Å². The summed E-state index contributed by atoms with van der Waals surface area (Å²) in [5.41, 5.74) is 7.98. The highest BCUT2D eigenvalue weighted by molar-refractivity contribution is 5.55. The van der Waals surface area contributed by atoms with Gasteiger partial charge in [-0.1, -0.05) is 24.3 Å². The van der Waals surface area contributed by atoms with Crippen molar-refractivity contribution in [3.63, 3.8) is 0 Å². The summed E-state index contributed by atoms with van der Waals surface area (Å²) in [4.78, 5) is 10.3. The SMILES string of the molecule is CC(C)(N)Cc1cccc(CC=O)c1. The van der Waals surface area contributed by atoms with Crippen molar-refractivity contribution in [2.75, 3.05) is 0 Å². The standard InChI is InChI=1S/C12H17NO/c1-12(2,13)9-11-5-3-4-10(8-11)6-7-14/h3-5,7-8H,6,9,13H2,1-2H3. The molecule has 1 aromatic carbocycles. The van der Waals surface area contributed by atoms with Gasteiger partial charge in [-0.3, -0.25) is 0 Å². The minimum Gasteiger partial charge on any atom is -0.325 e. The summed E-state index contributed by atoms with van der Waals surface area (Å²) in [6.45, 7) is 4.00. The Morgan fingerprint density at radius 2 is 2.00 bits per heavy atom. The number of carbonyl (C=O) groups is 1. The summed E-state index contributed by atoms with van der Waals surface area (Å²) in [6, 6.07) is 8.02. The molecule has 2 nitrogen and oxygen atoms in total. The highest BCUT2D eigenvalue weighted by Gasteiger charge is 2.11. The molecule has 2 heteroatoms. The average Bonchev–Trinajstić information content (AvgIpc) is 2.02. The lowest BCUT2D eigenvalue weighted by molar-refractivity contribution is -0.107. The Balaban J connectivity index is 2.78. The minimum atomic E-state index is -0.195. The lowest BCUT2D eigenvalue weighted by Crippen LogP contribution is -2.34. The van der Waals surface area contributed by atoms with Crippen molar-refractivity contribution in [1.82, 2.24) is 0 Å². The molecular formula is C12H17NO. The Bertz CT molecular complexity index is 312. The van der Waals surface area contributed by atoms with Crippen molar-refractivity contribution in [3.8, 4) is 0 Å². The third-order valence-electron chi connectivity index (χ3n) is 1.97. The van der Waals surface area contributed by atoms with Crippen molar-refractivity contribution < 1.29 is 4.79 Å². The first-order valence-corrected chi connectivity index (χ1v) is 4.81. The number of rotatable bonds is 4. The van der Waals surface area contributed by atoms with Crippen LogP contribution in [0.15, 0.2) is 24.3 Å². The van der Waals surface area contributed by atoms with Gasteiger partial charge in [0.2, 0.25) is 0 Å². The Labute approximate surface area is 85.1 Å². The summed E-state index contributed by atoms with van der Waals surface area (Å²) < 4.78 is 0. The van der Waals surface area contributed by atoms with Crippen molar-refractivity contribution >= 4 is 6.29 Å². The molecule has 1 aromatic rings. The monoisotopic (exact) mass is 191 g/mol. The van der Waals surface area contributed by atoms with E-state index in [1.54, 1.807) is 0 Å². The first kappa shape index (κ1) is 10.9. The molecule has 0 heterocycles. The number of hydrogen-bond acceptors (Lipinski definition) is 2. The maximum atomic E-state index is 10.3. The highest BCUT2D eigenvalue weighted by Crippen LogP contribution is 2.12. The van der Waals surface area contributed by atoms with Crippen molar-refractivity contribution in [1.29, 1.82) is 0 Å². The van der Waals surface area contributed by atoms with Crippen LogP contribution in [0.4, 0.5) is 0 Å². The Hall–Kier alpha value is -1.15. The van der Waals surface area contributed by atoms with Crippen molar-refractivity contribution in [3.05, 3.63) is 35.4 Å². The molecule has 0 radical (unpaired) electrons. The molecule has 0 fully saturated rings. The van der Waals surface area contributed by atoms with Crippen LogP contribution < -0.4 is 5.73 Å². The van der Waals surface area contributed by atoms with Gasteiger partial charge in [-0.25, -0.2) is 0 Å². The van der Waals surface area contributed by atoms with Crippen LogP contribution in [0.1, 0.15) is 25.0 Å². The van der Waals surface area contributed by atoms with E-state index in [2.05, 4.69) is 0 Å².